The molecule has 0 fully saturated rings. The second-order valence-corrected chi connectivity index (χ2v) is 2.81. The van der Waals surface area contributed by atoms with Crippen molar-refractivity contribution >= 4 is 0 Å². The standard InChI is InChI=1S/C10H16/c1-7(2)9(5)10(6)8(3)4/h1,3H2,2,4-6H3. The van der Waals surface area contributed by atoms with Crippen LogP contribution in [0.5, 0.6) is 0 Å². The van der Waals surface area contributed by atoms with Gasteiger partial charge in [-0.2, -0.15) is 0 Å². The van der Waals surface area contributed by atoms with E-state index in [0.717, 1.165) is 11.1 Å². The highest BCUT2D eigenvalue weighted by Gasteiger charge is 1.96. The molecule has 0 saturated carbocycles. The Labute approximate surface area is 64.0 Å². The first-order valence-corrected chi connectivity index (χ1v) is 3.46. The van der Waals surface area contributed by atoms with Gasteiger partial charge in [0.15, 0.2) is 0 Å². The predicted octanol–water partition coefficient (Wildman–Crippen LogP) is 3.48. The molecule has 10 heavy (non-hydrogen) atoms. The highest BCUT2D eigenvalue weighted by Crippen LogP contribution is 2.16. The summed E-state index contributed by atoms with van der Waals surface area (Å²) in [6, 6.07) is 0. The zero-order chi connectivity index (χ0) is 8.31. The van der Waals surface area contributed by atoms with Crippen molar-refractivity contribution in [3.05, 3.63) is 35.5 Å². The summed E-state index contributed by atoms with van der Waals surface area (Å²) in [7, 11) is 0. The molecule has 0 heterocycles. The minimum absolute atomic E-state index is 1.13. The highest BCUT2D eigenvalue weighted by atomic mass is 14.0. The van der Waals surface area contributed by atoms with Gasteiger partial charge in [0.1, 0.15) is 0 Å². The summed E-state index contributed by atoms with van der Waals surface area (Å²) in [6.07, 6.45) is 0. The lowest BCUT2D eigenvalue weighted by Gasteiger charge is -2.05. The Morgan fingerprint density at radius 1 is 0.700 bits per heavy atom. The van der Waals surface area contributed by atoms with Crippen LogP contribution >= 0.6 is 0 Å². The second kappa shape index (κ2) is 3.40. The maximum absolute atomic E-state index is 3.86. The Bertz CT molecular complexity index is 170. The Morgan fingerprint density at radius 2 is 0.900 bits per heavy atom. The van der Waals surface area contributed by atoms with E-state index >= 15 is 0 Å². The Morgan fingerprint density at radius 3 is 1.00 bits per heavy atom. The SMILES string of the molecule is C=C(C)C(C)=C(C)C(=C)C. The smallest absolute Gasteiger partial charge is 0.0393 e. The first-order valence-electron chi connectivity index (χ1n) is 3.46. The molecule has 0 radical (unpaired) electrons. The third-order valence-electron chi connectivity index (χ3n) is 1.84. The van der Waals surface area contributed by atoms with Gasteiger partial charge in [-0.05, 0) is 38.8 Å². The number of hydrogen-bond donors (Lipinski definition) is 0. The van der Waals surface area contributed by atoms with Crippen molar-refractivity contribution in [3.63, 3.8) is 0 Å². The van der Waals surface area contributed by atoms with Gasteiger partial charge in [0.05, 0.1) is 0 Å². The van der Waals surface area contributed by atoms with Crippen LogP contribution in [0.1, 0.15) is 27.7 Å². The summed E-state index contributed by atoms with van der Waals surface area (Å²) in [5.41, 5.74) is 4.76. The molecule has 56 valence electrons. The van der Waals surface area contributed by atoms with E-state index in [1.165, 1.54) is 11.1 Å². The minimum Gasteiger partial charge on any atom is -0.0958 e. The fourth-order valence-electron chi connectivity index (χ4n) is 0.640. The zero-order valence-corrected chi connectivity index (χ0v) is 7.41. The molecule has 0 saturated heterocycles. The molecule has 0 aliphatic carbocycles. The molecule has 0 unspecified atom stereocenters. The van der Waals surface area contributed by atoms with Crippen LogP contribution in [0.4, 0.5) is 0 Å². The first-order chi connectivity index (χ1) is 4.46. The number of rotatable bonds is 2. The molecule has 0 rings (SSSR count). The maximum atomic E-state index is 3.86. The summed E-state index contributed by atoms with van der Waals surface area (Å²) in [4.78, 5) is 0. The Balaban J connectivity index is 4.67. The molecule has 0 atom stereocenters. The lowest BCUT2D eigenvalue weighted by molar-refractivity contribution is 1.23. The molecule has 0 aromatic heterocycles. The third-order valence-corrected chi connectivity index (χ3v) is 1.84. The van der Waals surface area contributed by atoms with E-state index in [-0.39, 0.29) is 0 Å². The third kappa shape index (κ3) is 2.22. The van der Waals surface area contributed by atoms with Crippen LogP contribution in [-0.2, 0) is 0 Å². The average molecular weight is 136 g/mol. The predicted molar refractivity (Wildman–Crippen MR) is 48.0 cm³/mol. The van der Waals surface area contributed by atoms with E-state index in [1.807, 2.05) is 13.8 Å². The Kier molecular flexibility index (Phi) is 3.14. The van der Waals surface area contributed by atoms with Gasteiger partial charge in [-0.25, -0.2) is 0 Å². The largest absolute Gasteiger partial charge is 0.0958 e. The van der Waals surface area contributed by atoms with Crippen molar-refractivity contribution < 1.29 is 0 Å². The number of allylic oxidation sites excluding steroid dienone is 4. The van der Waals surface area contributed by atoms with Crippen LogP contribution in [0, 0.1) is 0 Å². The molecule has 0 aliphatic rings. The number of hydrogen-bond acceptors (Lipinski definition) is 0. The van der Waals surface area contributed by atoms with Crippen LogP contribution in [0.15, 0.2) is 35.5 Å². The molecular weight excluding hydrogens is 120 g/mol. The van der Waals surface area contributed by atoms with E-state index in [1.54, 1.807) is 0 Å². The van der Waals surface area contributed by atoms with Crippen molar-refractivity contribution in [2.75, 3.05) is 0 Å². The molecule has 0 nitrogen and oxygen atoms in total. The van der Waals surface area contributed by atoms with Crippen LogP contribution < -0.4 is 0 Å². The lowest BCUT2D eigenvalue weighted by atomic mass is 10.0. The summed E-state index contributed by atoms with van der Waals surface area (Å²) < 4.78 is 0. The average Bonchev–Trinajstić information content (AvgIpc) is 1.84. The topological polar surface area (TPSA) is 0 Å². The van der Waals surface area contributed by atoms with Gasteiger partial charge in [0.2, 0.25) is 0 Å². The molecule has 0 N–H and O–H groups in total. The second-order valence-electron chi connectivity index (χ2n) is 2.81. The normalized spacial score (nSPS) is 12.4. The minimum atomic E-state index is 1.13. The van der Waals surface area contributed by atoms with Gasteiger partial charge < -0.3 is 0 Å². The molecule has 0 amide bonds. The summed E-state index contributed by atoms with van der Waals surface area (Å²) >= 11 is 0. The summed E-state index contributed by atoms with van der Waals surface area (Å²) in [6.45, 7) is 15.9. The first kappa shape index (κ1) is 9.22. The monoisotopic (exact) mass is 136 g/mol. The van der Waals surface area contributed by atoms with Crippen LogP contribution in [0.2, 0.25) is 0 Å². The summed E-state index contributed by atoms with van der Waals surface area (Å²) in [5.74, 6) is 0. The van der Waals surface area contributed by atoms with Gasteiger partial charge in [0.25, 0.3) is 0 Å². The van der Waals surface area contributed by atoms with Gasteiger partial charge >= 0.3 is 0 Å². The fourth-order valence-corrected chi connectivity index (χ4v) is 0.640. The molecule has 0 aliphatic heterocycles. The summed E-state index contributed by atoms with van der Waals surface area (Å²) in [5, 5.41) is 0. The van der Waals surface area contributed by atoms with Crippen LogP contribution in [-0.4, -0.2) is 0 Å². The van der Waals surface area contributed by atoms with Gasteiger partial charge in [0, 0.05) is 0 Å². The quantitative estimate of drug-likeness (QED) is 0.510. The Hall–Kier alpha value is -0.780. The lowest BCUT2D eigenvalue weighted by Crippen LogP contribution is -1.85. The molecule has 0 aromatic rings. The highest BCUT2D eigenvalue weighted by molar-refractivity contribution is 5.38. The zero-order valence-electron chi connectivity index (χ0n) is 7.41. The van der Waals surface area contributed by atoms with Gasteiger partial charge in [-0.3, -0.25) is 0 Å². The van der Waals surface area contributed by atoms with Gasteiger partial charge in [-0.15, -0.1) is 0 Å². The molecule has 0 heteroatoms. The van der Waals surface area contributed by atoms with Crippen molar-refractivity contribution in [2.45, 2.75) is 27.7 Å². The molecule has 0 bridgehead atoms. The fraction of sp³-hybridized carbons (Fsp3) is 0.400. The van der Waals surface area contributed by atoms with E-state index in [2.05, 4.69) is 27.0 Å². The van der Waals surface area contributed by atoms with E-state index in [9.17, 15) is 0 Å². The maximum Gasteiger partial charge on any atom is -0.0393 e. The molecule has 0 spiro atoms. The van der Waals surface area contributed by atoms with E-state index in [4.69, 9.17) is 0 Å². The molecule has 0 aromatic carbocycles. The van der Waals surface area contributed by atoms with Crippen molar-refractivity contribution in [1.29, 1.82) is 0 Å². The van der Waals surface area contributed by atoms with Crippen molar-refractivity contribution in [3.8, 4) is 0 Å². The van der Waals surface area contributed by atoms with Crippen molar-refractivity contribution in [1.82, 2.24) is 0 Å². The van der Waals surface area contributed by atoms with E-state index in [0.29, 0.717) is 0 Å². The van der Waals surface area contributed by atoms with E-state index < -0.39 is 0 Å². The van der Waals surface area contributed by atoms with Crippen molar-refractivity contribution in [2.24, 2.45) is 0 Å². The van der Waals surface area contributed by atoms with Crippen LogP contribution in [0.3, 0.4) is 0 Å². The van der Waals surface area contributed by atoms with Crippen LogP contribution in [0.25, 0.3) is 0 Å². The van der Waals surface area contributed by atoms with Gasteiger partial charge in [-0.1, -0.05) is 24.3 Å². The molecular formula is C10H16.